The van der Waals surface area contributed by atoms with Gasteiger partial charge < -0.3 is 14.2 Å². The van der Waals surface area contributed by atoms with Crippen molar-refractivity contribution in [1.29, 1.82) is 0 Å². The highest BCUT2D eigenvalue weighted by molar-refractivity contribution is 5.41. The molecule has 5 saturated carbocycles. The quantitative estimate of drug-likeness (QED) is 0.213. The van der Waals surface area contributed by atoms with Gasteiger partial charge in [-0.3, -0.25) is 4.90 Å². The third kappa shape index (κ3) is 4.06. The van der Waals surface area contributed by atoms with E-state index in [2.05, 4.69) is 75.9 Å². The lowest BCUT2D eigenvalue weighted by Crippen LogP contribution is -2.56. The molecule has 0 bridgehead atoms. The first-order chi connectivity index (χ1) is 22.2. The maximum atomic E-state index is 7.62. The third-order valence-electron chi connectivity index (χ3n) is 16.7. The molecule has 1 aromatic carbocycles. The summed E-state index contributed by atoms with van der Waals surface area (Å²) in [6.07, 6.45) is 17.3. The summed E-state index contributed by atoms with van der Waals surface area (Å²) in [4.78, 5) is 2.79. The van der Waals surface area contributed by atoms with Crippen LogP contribution in [-0.2, 0) is 20.8 Å². The second-order valence-corrected chi connectivity index (χ2v) is 18.5. The van der Waals surface area contributed by atoms with Gasteiger partial charge in [0.2, 0.25) is 0 Å². The lowest BCUT2D eigenvalue weighted by Gasteiger charge is -2.56. The highest BCUT2D eigenvalue weighted by Crippen LogP contribution is 2.92. The fraction of sp³-hybridized carbons (Fsp3) is 0.810. The smallest absolute Gasteiger partial charge is 0.0787 e. The van der Waals surface area contributed by atoms with Gasteiger partial charge in [0.1, 0.15) is 0 Å². The molecule has 252 valence electrons. The van der Waals surface area contributed by atoms with E-state index in [9.17, 15) is 0 Å². The molecule has 13 atom stereocenters. The van der Waals surface area contributed by atoms with Crippen molar-refractivity contribution >= 4 is 0 Å². The Morgan fingerprint density at radius 3 is 2.57 bits per heavy atom. The van der Waals surface area contributed by atoms with Crippen molar-refractivity contribution in [3.8, 4) is 0 Å². The van der Waals surface area contributed by atoms with Crippen molar-refractivity contribution in [2.45, 2.75) is 123 Å². The van der Waals surface area contributed by atoms with Crippen molar-refractivity contribution < 1.29 is 14.2 Å². The van der Waals surface area contributed by atoms with Crippen molar-refractivity contribution in [3.05, 3.63) is 47.5 Å². The Hall–Kier alpha value is -1.20. The number of nitrogens with zero attached hydrogens (tertiary/aromatic N) is 1. The average Bonchev–Trinajstić information content (AvgIpc) is 3.85. The number of fused-ring (bicyclic) bond motifs is 4. The van der Waals surface area contributed by atoms with Gasteiger partial charge in [-0.15, -0.1) is 0 Å². The summed E-state index contributed by atoms with van der Waals surface area (Å²) in [5.74, 6) is 5.00. The van der Waals surface area contributed by atoms with Crippen molar-refractivity contribution in [2.24, 2.45) is 57.2 Å². The first-order valence-electron chi connectivity index (χ1n) is 19.5. The van der Waals surface area contributed by atoms with Gasteiger partial charge in [0, 0.05) is 30.5 Å². The molecule has 8 aliphatic rings. The molecule has 2 aliphatic heterocycles. The predicted octanol–water partition coefficient (Wildman–Crippen LogP) is 8.69. The molecule has 0 N–H and O–H groups in total. The fourth-order valence-corrected chi connectivity index (χ4v) is 14.6. The fourth-order valence-electron chi connectivity index (χ4n) is 14.6. The highest BCUT2D eigenvalue weighted by Gasteiger charge is 2.88. The van der Waals surface area contributed by atoms with E-state index in [0.717, 1.165) is 36.8 Å². The molecule has 6 unspecified atom stereocenters. The van der Waals surface area contributed by atoms with E-state index in [1.165, 1.54) is 76.3 Å². The monoisotopic (exact) mass is 627 g/mol. The molecule has 9 rings (SSSR count). The van der Waals surface area contributed by atoms with Gasteiger partial charge in [0.25, 0.3) is 0 Å². The normalized spacial score (nSPS) is 51.6. The molecule has 4 heteroatoms. The molecular weight excluding hydrogens is 566 g/mol. The largest absolute Gasteiger partial charge is 0.378 e. The van der Waals surface area contributed by atoms with Crippen LogP contribution in [-0.4, -0.2) is 55.6 Å². The molecule has 7 fully saturated rings. The Kier molecular flexibility index (Phi) is 7.14. The van der Waals surface area contributed by atoms with Crippen molar-refractivity contribution in [3.63, 3.8) is 0 Å². The van der Waals surface area contributed by atoms with Crippen molar-refractivity contribution in [2.75, 3.05) is 32.9 Å². The maximum Gasteiger partial charge on any atom is 0.0787 e. The van der Waals surface area contributed by atoms with Gasteiger partial charge in [0.15, 0.2) is 0 Å². The first-order valence-corrected chi connectivity index (χ1v) is 19.5. The summed E-state index contributed by atoms with van der Waals surface area (Å²) < 4.78 is 19.7. The summed E-state index contributed by atoms with van der Waals surface area (Å²) in [5, 5.41) is 0. The van der Waals surface area contributed by atoms with E-state index in [1.54, 1.807) is 0 Å². The number of allylic oxidation sites excluding steroid dienone is 2. The van der Waals surface area contributed by atoms with E-state index in [1.807, 2.05) is 5.57 Å². The number of hydrogen-bond donors (Lipinski definition) is 0. The van der Waals surface area contributed by atoms with Crippen LogP contribution in [0.3, 0.4) is 0 Å². The van der Waals surface area contributed by atoms with E-state index >= 15 is 0 Å². The highest BCUT2D eigenvalue weighted by atomic mass is 16.5. The molecule has 0 radical (unpaired) electrons. The lowest BCUT2D eigenvalue weighted by molar-refractivity contribution is -0.160. The van der Waals surface area contributed by atoms with Crippen LogP contribution in [0.25, 0.3) is 0 Å². The third-order valence-corrected chi connectivity index (χ3v) is 16.7. The van der Waals surface area contributed by atoms with Crippen LogP contribution in [0.15, 0.2) is 42.0 Å². The zero-order valence-electron chi connectivity index (χ0n) is 29.6. The molecular formula is C42H61NO3. The number of likely N-dealkylation sites (tertiary alicyclic amines) is 1. The second-order valence-electron chi connectivity index (χ2n) is 18.5. The summed E-state index contributed by atoms with van der Waals surface area (Å²) in [6, 6.07) is 11.0. The molecule has 6 aliphatic carbocycles. The lowest BCUT2D eigenvalue weighted by atomic mass is 9.49. The van der Waals surface area contributed by atoms with Crippen LogP contribution in [0.1, 0.15) is 104 Å². The summed E-state index contributed by atoms with van der Waals surface area (Å²) in [7, 11) is 0. The number of benzene rings is 1. The number of hydrogen-bond acceptors (Lipinski definition) is 4. The van der Waals surface area contributed by atoms with E-state index < -0.39 is 0 Å². The first kappa shape index (κ1) is 30.8. The molecule has 2 saturated heterocycles. The molecule has 0 aromatic heterocycles. The summed E-state index contributed by atoms with van der Waals surface area (Å²) in [5.41, 5.74) is 5.08. The minimum atomic E-state index is 0.0520. The Morgan fingerprint density at radius 1 is 0.891 bits per heavy atom. The van der Waals surface area contributed by atoms with Crippen LogP contribution < -0.4 is 0 Å². The maximum absolute atomic E-state index is 7.62. The molecule has 0 amide bonds. The van der Waals surface area contributed by atoms with Gasteiger partial charge in [-0.25, -0.2) is 0 Å². The molecule has 46 heavy (non-hydrogen) atoms. The van der Waals surface area contributed by atoms with Crippen LogP contribution in [0.4, 0.5) is 0 Å². The van der Waals surface area contributed by atoms with Crippen LogP contribution in [0, 0.1) is 57.2 Å². The molecule has 4 nitrogen and oxygen atoms in total. The van der Waals surface area contributed by atoms with Crippen LogP contribution in [0.2, 0.25) is 0 Å². The standard InChI is InChI=1S/C42H61NO3/c1-28-13-15-38(4)32(21-28)11-12-34-35-23-33-14-16-42(39(5)26-40(33,39)27-41(34,35)38)30(3)37-36(46-42)22-29(2)24-43(37)17-18-44-19-20-45-25-31-9-7-6-8-10-31/h6-10,21,28-30,33-37H,11-20,22-27H2,1-5H3/t28-,29-,30+,33?,34?,35?,36?,37-,38-,39?,40?,41-,42+/m0/s1. The Labute approximate surface area is 279 Å². The summed E-state index contributed by atoms with van der Waals surface area (Å²) >= 11 is 0. The summed E-state index contributed by atoms with van der Waals surface area (Å²) in [6.45, 7) is 18.0. The molecule has 3 spiro atoms. The number of ether oxygens (including phenoxy) is 3. The van der Waals surface area contributed by atoms with Crippen LogP contribution in [0.5, 0.6) is 0 Å². The predicted molar refractivity (Wildman–Crippen MR) is 183 cm³/mol. The van der Waals surface area contributed by atoms with E-state index in [4.69, 9.17) is 14.2 Å². The average molecular weight is 628 g/mol. The van der Waals surface area contributed by atoms with Gasteiger partial charge in [-0.2, -0.15) is 0 Å². The Balaban J connectivity index is 0.893. The Morgan fingerprint density at radius 2 is 1.72 bits per heavy atom. The second kappa shape index (κ2) is 10.6. The van der Waals surface area contributed by atoms with Gasteiger partial charge in [-0.1, -0.05) is 76.6 Å². The van der Waals surface area contributed by atoms with Gasteiger partial charge in [0.05, 0.1) is 38.1 Å². The van der Waals surface area contributed by atoms with Crippen molar-refractivity contribution in [1.82, 2.24) is 4.90 Å². The minimum absolute atomic E-state index is 0.0520. The topological polar surface area (TPSA) is 30.9 Å². The molecule has 2 heterocycles. The van der Waals surface area contributed by atoms with E-state index in [-0.39, 0.29) is 5.60 Å². The number of rotatable bonds is 8. The Bertz CT molecular complexity index is 1360. The van der Waals surface area contributed by atoms with Gasteiger partial charge >= 0.3 is 0 Å². The zero-order valence-corrected chi connectivity index (χ0v) is 29.6. The zero-order chi connectivity index (χ0) is 31.5. The van der Waals surface area contributed by atoms with E-state index in [0.29, 0.717) is 65.5 Å². The number of piperidine rings is 1. The van der Waals surface area contributed by atoms with Gasteiger partial charge in [-0.05, 0) is 116 Å². The minimum Gasteiger partial charge on any atom is -0.378 e. The SMILES string of the molecule is C[C@H]1CC2O[C@]3(CCC4CC5C6CCC7=C[C@@H](C)CC[C@]7(C)[C@@]65CC45CC53C)[C@H](C)[C@@H]2N(CCOCCOCc2ccccc2)C1. The van der Waals surface area contributed by atoms with Crippen LogP contribution >= 0.6 is 0 Å². The molecule has 1 aromatic rings.